The second-order valence-corrected chi connectivity index (χ2v) is 7.72. The number of hydrogen-bond acceptors (Lipinski definition) is 4. The summed E-state index contributed by atoms with van der Waals surface area (Å²) in [6.45, 7) is 2.66. The molecule has 2 aliphatic heterocycles. The second kappa shape index (κ2) is 7.99. The molecule has 150 valence electrons. The Bertz CT molecular complexity index is 840. The third-order valence-electron chi connectivity index (χ3n) is 5.83. The summed E-state index contributed by atoms with van der Waals surface area (Å²) in [7, 11) is 0. The molecular formula is C21H24F2N2O3. The number of nitrogens with zero attached hydrogens (tertiary/aromatic N) is 2. The molecule has 3 heterocycles. The van der Waals surface area contributed by atoms with E-state index in [1.165, 1.54) is 12.1 Å². The second-order valence-electron chi connectivity index (χ2n) is 7.72. The molecule has 0 bridgehead atoms. The first-order valence-corrected chi connectivity index (χ1v) is 9.86. The molecule has 28 heavy (non-hydrogen) atoms. The zero-order valence-corrected chi connectivity index (χ0v) is 15.8. The Morgan fingerprint density at radius 2 is 1.86 bits per heavy atom. The van der Waals surface area contributed by atoms with Gasteiger partial charge in [0.25, 0.3) is 0 Å². The number of likely N-dealkylation sites (tertiary alicyclic amines) is 1. The Kier molecular flexibility index (Phi) is 5.44. The van der Waals surface area contributed by atoms with E-state index in [2.05, 4.69) is 5.16 Å². The predicted octanol–water partition coefficient (Wildman–Crippen LogP) is 3.97. The number of piperidine rings is 1. The van der Waals surface area contributed by atoms with Crippen molar-refractivity contribution in [1.29, 1.82) is 0 Å². The SMILES string of the molecule is O=C(N1CCCCC1)C1(Cc2cc(-c3ccc(F)cc3F)no2)CCOCC1. The first kappa shape index (κ1) is 19.1. The molecule has 7 heteroatoms. The van der Waals surface area contributed by atoms with E-state index in [0.717, 1.165) is 38.4 Å². The lowest BCUT2D eigenvalue weighted by Crippen LogP contribution is -2.49. The van der Waals surface area contributed by atoms with Gasteiger partial charge in [-0.1, -0.05) is 5.16 Å². The van der Waals surface area contributed by atoms with Crippen LogP contribution in [0, 0.1) is 17.0 Å². The van der Waals surface area contributed by atoms with E-state index in [0.29, 0.717) is 43.9 Å². The maximum absolute atomic E-state index is 14.1. The fraction of sp³-hybridized carbons (Fsp3) is 0.524. The molecule has 0 N–H and O–H groups in total. The van der Waals surface area contributed by atoms with Crippen molar-refractivity contribution in [3.63, 3.8) is 0 Å². The largest absolute Gasteiger partial charge is 0.381 e. The van der Waals surface area contributed by atoms with Crippen LogP contribution in [0.1, 0.15) is 37.9 Å². The lowest BCUT2D eigenvalue weighted by Gasteiger charge is -2.40. The molecule has 1 aromatic heterocycles. The summed E-state index contributed by atoms with van der Waals surface area (Å²) in [4.78, 5) is 15.3. The molecule has 2 fully saturated rings. The highest BCUT2D eigenvalue weighted by molar-refractivity contribution is 5.83. The van der Waals surface area contributed by atoms with Gasteiger partial charge in [0, 0.05) is 50.4 Å². The summed E-state index contributed by atoms with van der Waals surface area (Å²) in [6.07, 6.45) is 4.89. The van der Waals surface area contributed by atoms with Gasteiger partial charge in [-0.05, 0) is 44.2 Å². The van der Waals surface area contributed by atoms with Crippen molar-refractivity contribution in [2.24, 2.45) is 5.41 Å². The third-order valence-corrected chi connectivity index (χ3v) is 5.83. The van der Waals surface area contributed by atoms with E-state index in [4.69, 9.17) is 9.26 Å². The van der Waals surface area contributed by atoms with Crippen LogP contribution < -0.4 is 0 Å². The predicted molar refractivity (Wildman–Crippen MR) is 98.5 cm³/mol. The van der Waals surface area contributed by atoms with Crippen molar-refractivity contribution in [3.05, 3.63) is 41.7 Å². The van der Waals surface area contributed by atoms with Gasteiger partial charge in [-0.25, -0.2) is 8.78 Å². The summed E-state index contributed by atoms with van der Waals surface area (Å²) in [5.41, 5.74) is -0.0896. The number of hydrogen-bond donors (Lipinski definition) is 0. The molecule has 0 atom stereocenters. The molecule has 4 rings (SSSR count). The van der Waals surface area contributed by atoms with Crippen molar-refractivity contribution >= 4 is 5.91 Å². The van der Waals surface area contributed by atoms with Gasteiger partial charge in [-0.3, -0.25) is 4.79 Å². The van der Waals surface area contributed by atoms with Crippen molar-refractivity contribution in [3.8, 4) is 11.3 Å². The Balaban J connectivity index is 1.57. The zero-order valence-electron chi connectivity index (χ0n) is 15.8. The van der Waals surface area contributed by atoms with E-state index >= 15 is 0 Å². The molecular weight excluding hydrogens is 366 g/mol. The van der Waals surface area contributed by atoms with Crippen molar-refractivity contribution in [1.82, 2.24) is 10.1 Å². The number of carbonyl (C=O) groups is 1. The number of halogens is 2. The average Bonchev–Trinajstić information content (AvgIpc) is 3.16. The fourth-order valence-corrected chi connectivity index (χ4v) is 4.21. The monoisotopic (exact) mass is 390 g/mol. The van der Waals surface area contributed by atoms with Crippen LogP contribution >= 0.6 is 0 Å². The smallest absolute Gasteiger partial charge is 0.229 e. The Morgan fingerprint density at radius 3 is 2.57 bits per heavy atom. The third kappa shape index (κ3) is 3.81. The van der Waals surface area contributed by atoms with Gasteiger partial charge in [-0.15, -0.1) is 0 Å². The normalized spacial score (nSPS) is 19.6. The van der Waals surface area contributed by atoms with Crippen LogP contribution in [0.25, 0.3) is 11.3 Å². The first-order valence-electron chi connectivity index (χ1n) is 9.86. The summed E-state index contributed by atoms with van der Waals surface area (Å²) in [5.74, 6) is -0.643. The van der Waals surface area contributed by atoms with Crippen LogP contribution in [0.3, 0.4) is 0 Å². The molecule has 0 spiro atoms. The van der Waals surface area contributed by atoms with Gasteiger partial charge in [0.15, 0.2) is 0 Å². The molecule has 1 amide bonds. The average molecular weight is 390 g/mol. The van der Waals surface area contributed by atoms with Crippen LogP contribution in [0.15, 0.2) is 28.8 Å². The molecule has 2 aliphatic rings. The Morgan fingerprint density at radius 1 is 1.11 bits per heavy atom. The maximum Gasteiger partial charge on any atom is 0.229 e. The Labute approximate surface area is 162 Å². The minimum absolute atomic E-state index is 0.154. The van der Waals surface area contributed by atoms with Gasteiger partial charge in [0.2, 0.25) is 5.91 Å². The van der Waals surface area contributed by atoms with Gasteiger partial charge in [0.1, 0.15) is 23.1 Å². The molecule has 2 aromatic rings. The van der Waals surface area contributed by atoms with Gasteiger partial charge < -0.3 is 14.2 Å². The summed E-state index contributed by atoms with van der Waals surface area (Å²) >= 11 is 0. The minimum atomic E-state index is -0.690. The van der Waals surface area contributed by atoms with Crippen LogP contribution in [0.2, 0.25) is 0 Å². The topological polar surface area (TPSA) is 55.6 Å². The van der Waals surface area contributed by atoms with Crippen LogP contribution in [0.4, 0.5) is 8.78 Å². The summed E-state index contributed by atoms with van der Waals surface area (Å²) < 4.78 is 38.2. The fourth-order valence-electron chi connectivity index (χ4n) is 4.21. The van der Waals surface area contributed by atoms with E-state index in [1.54, 1.807) is 6.07 Å². The molecule has 1 aromatic carbocycles. The number of amides is 1. The van der Waals surface area contributed by atoms with E-state index in [1.807, 2.05) is 4.90 Å². The van der Waals surface area contributed by atoms with E-state index in [-0.39, 0.29) is 11.5 Å². The lowest BCUT2D eigenvalue weighted by molar-refractivity contribution is -0.149. The summed E-state index contributed by atoms with van der Waals surface area (Å²) in [6, 6.07) is 5.00. The molecule has 0 aliphatic carbocycles. The Hall–Kier alpha value is -2.28. The zero-order chi connectivity index (χ0) is 19.6. The van der Waals surface area contributed by atoms with Crippen LogP contribution in [0.5, 0.6) is 0 Å². The molecule has 0 saturated carbocycles. The number of ether oxygens (including phenoxy) is 1. The molecule has 5 nitrogen and oxygen atoms in total. The number of benzene rings is 1. The van der Waals surface area contributed by atoms with E-state index in [9.17, 15) is 13.6 Å². The van der Waals surface area contributed by atoms with E-state index < -0.39 is 17.0 Å². The van der Waals surface area contributed by atoms with Crippen molar-refractivity contribution < 1.29 is 22.8 Å². The quantitative estimate of drug-likeness (QED) is 0.793. The van der Waals surface area contributed by atoms with Crippen LogP contribution in [-0.4, -0.2) is 42.3 Å². The molecule has 0 unspecified atom stereocenters. The summed E-state index contributed by atoms with van der Waals surface area (Å²) in [5, 5.41) is 3.95. The van der Waals surface area contributed by atoms with Crippen molar-refractivity contribution in [2.75, 3.05) is 26.3 Å². The highest BCUT2D eigenvalue weighted by Gasteiger charge is 2.43. The van der Waals surface area contributed by atoms with Crippen LogP contribution in [-0.2, 0) is 16.0 Å². The molecule has 0 radical (unpaired) electrons. The minimum Gasteiger partial charge on any atom is -0.381 e. The number of rotatable bonds is 4. The van der Waals surface area contributed by atoms with Gasteiger partial charge >= 0.3 is 0 Å². The first-order chi connectivity index (χ1) is 13.6. The maximum atomic E-state index is 14.1. The van der Waals surface area contributed by atoms with Gasteiger partial charge in [0.05, 0.1) is 5.41 Å². The lowest BCUT2D eigenvalue weighted by atomic mass is 9.75. The number of carbonyl (C=O) groups excluding carboxylic acids is 1. The van der Waals surface area contributed by atoms with Crippen molar-refractivity contribution in [2.45, 2.75) is 38.5 Å². The highest BCUT2D eigenvalue weighted by Crippen LogP contribution is 2.38. The standard InChI is InChI=1S/C21H24F2N2O3/c22-15-4-5-17(18(23)12-15)19-13-16(28-24-19)14-21(6-10-27-11-7-21)20(26)25-8-2-1-3-9-25/h4-5,12-13H,1-3,6-11,14H2. The van der Waals surface area contributed by atoms with Gasteiger partial charge in [-0.2, -0.15) is 0 Å². The number of aromatic nitrogens is 1. The molecule has 2 saturated heterocycles. The highest BCUT2D eigenvalue weighted by atomic mass is 19.1.